The number of halogens is 2. The molecule has 1 heterocycles. The smallest absolute Gasteiger partial charge is 0.306 e. The minimum atomic E-state index is -0.664. The van der Waals surface area contributed by atoms with Crippen molar-refractivity contribution in [2.75, 3.05) is 13.1 Å². The van der Waals surface area contributed by atoms with Gasteiger partial charge in [0.1, 0.15) is 0 Å². The summed E-state index contributed by atoms with van der Waals surface area (Å²) in [5.74, 6) is -0.833. The number of benzene rings is 1. The molecule has 0 saturated carbocycles. The number of hydrogen-bond donors (Lipinski definition) is 1. The molecule has 0 aromatic heterocycles. The third-order valence-electron chi connectivity index (χ3n) is 3.29. The van der Waals surface area contributed by atoms with Gasteiger partial charge in [-0.1, -0.05) is 29.8 Å². The van der Waals surface area contributed by atoms with Crippen molar-refractivity contribution in [3.8, 4) is 0 Å². The average molecular weight is 290 g/mol. The minimum Gasteiger partial charge on any atom is -0.481 e. The lowest BCUT2D eigenvalue weighted by atomic mass is 9.97. The van der Waals surface area contributed by atoms with E-state index in [-0.39, 0.29) is 18.3 Å². The Kier molecular flexibility index (Phi) is 5.93. The van der Waals surface area contributed by atoms with Gasteiger partial charge in [0.25, 0.3) is 0 Å². The van der Waals surface area contributed by atoms with Crippen LogP contribution in [0.15, 0.2) is 24.3 Å². The molecule has 0 radical (unpaired) electrons. The van der Waals surface area contributed by atoms with Gasteiger partial charge in [-0.3, -0.25) is 9.69 Å². The molecule has 0 bridgehead atoms. The Hall–Kier alpha value is -0.770. The highest BCUT2D eigenvalue weighted by Gasteiger charge is 2.24. The Morgan fingerprint density at radius 3 is 2.50 bits per heavy atom. The molecular formula is C13H17Cl2NO2. The summed E-state index contributed by atoms with van der Waals surface area (Å²) in [6.45, 7) is 2.48. The normalized spacial score (nSPS) is 17.2. The maximum Gasteiger partial charge on any atom is 0.306 e. The summed E-state index contributed by atoms with van der Waals surface area (Å²) in [4.78, 5) is 13.1. The molecule has 1 aromatic carbocycles. The molecule has 0 amide bonds. The molecule has 0 atom stereocenters. The number of hydrogen-bond acceptors (Lipinski definition) is 2. The summed E-state index contributed by atoms with van der Waals surface area (Å²) in [5, 5.41) is 9.70. The van der Waals surface area contributed by atoms with Crippen LogP contribution in [0.3, 0.4) is 0 Å². The van der Waals surface area contributed by atoms with E-state index in [1.54, 1.807) is 0 Å². The van der Waals surface area contributed by atoms with E-state index < -0.39 is 5.97 Å². The standard InChI is InChI=1S/C13H16ClNO2.ClH/c14-12-4-2-1-3-11(12)9-15-7-5-10(6-8-15)13(16)17;/h1-4,10H,5-9H2,(H,16,17);1H. The molecule has 0 unspecified atom stereocenters. The summed E-state index contributed by atoms with van der Waals surface area (Å²) >= 11 is 6.10. The molecule has 3 nitrogen and oxygen atoms in total. The van der Waals surface area contributed by atoms with Crippen LogP contribution in [0.4, 0.5) is 0 Å². The van der Waals surface area contributed by atoms with Crippen LogP contribution in [0, 0.1) is 5.92 Å². The molecule has 1 aromatic rings. The maximum atomic E-state index is 10.8. The number of aliphatic carboxylic acids is 1. The van der Waals surface area contributed by atoms with E-state index in [4.69, 9.17) is 16.7 Å². The number of carbonyl (C=O) groups is 1. The van der Waals surface area contributed by atoms with Crippen molar-refractivity contribution in [2.24, 2.45) is 5.92 Å². The zero-order chi connectivity index (χ0) is 12.3. The number of piperidine rings is 1. The molecule has 1 aliphatic rings. The number of likely N-dealkylation sites (tertiary alicyclic amines) is 1. The molecule has 0 aliphatic carbocycles. The first kappa shape index (κ1) is 15.3. The molecule has 1 saturated heterocycles. The van der Waals surface area contributed by atoms with Crippen LogP contribution in [-0.2, 0) is 11.3 Å². The van der Waals surface area contributed by atoms with E-state index in [9.17, 15) is 4.79 Å². The average Bonchev–Trinajstić information content (AvgIpc) is 2.33. The molecular weight excluding hydrogens is 273 g/mol. The summed E-state index contributed by atoms with van der Waals surface area (Å²) < 4.78 is 0. The van der Waals surface area contributed by atoms with Gasteiger partial charge < -0.3 is 5.11 Å². The van der Waals surface area contributed by atoms with E-state index in [0.29, 0.717) is 0 Å². The highest BCUT2D eigenvalue weighted by molar-refractivity contribution is 6.31. The van der Waals surface area contributed by atoms with Gasteiger partial charge in [0, 0.05) is 11.6 Å². The van der Waals surface area contributed by atoms with Crippen molar-refractivity contribution < 1.29 is 9.90 Å². The van der Waals surface area contributed by atoms with Crippen molar-refractivity contribution >= 4 is 30.0 Å². The second-order valence-electron chi connectivity index (χ2n) is 4.48. The quantitative estimate of drug-likeness (QED) is 0.930. The molecule has 100 valence electrons. The predicted octanol–water partition coefficient (Wildman–Crippen LogP) is 3.06. The highest BCUT2D eigenvalue weighted by atomic mass is 35.5. The van der Waals surface area contributed by atoms with Crippen LogP contribution in [0.1, 0.15) is 18.4 Å². The Bertz CT molecular complexity index is 404. The highest BCUT2D eigenvalue weighted by Crippen LogP contribution is 2.22. The third-order valence-corrected chi connectivity index (χ3v) is 3.66. The van der Waals surface area contributed by atoms with Crippen LogP contribution in [-0.4, -0.2) is 29.1 Å². The van der Waals surface area contributed by atoms with Gasteiger partial charge in [-0.15, -0.1) is 12.4 Å². The van der Waals surface area contributed by atoms with Gasteiger partial charge >= 0.3 is 5.97 Å². The Morgan fingerprint density at radius 1 is 1.33 bits per heavy atom. The van der Waals surface area contributed by atoms with Gasteiger partial charge in [-0.25, -0.2) is 0 Å². The first-order chi connectivity index (χ1) is 8.16. The van der Waals surface area contributed by atoms with Crippen LogP contribution in [0.5, 0.6) is 0 Å². The van der Waals surface area contributed by atoms with Crippen LogP contribution in [0.2, 0.25) is 5.02 Å². The first-order valence-electron chi connectivity index (χ1n) is 5.85. The zero-order valence-corrected chi connectivity index (χ0v) is 11.6. The van der Waals surface area contributed by atoms with Crippen molar-refractivity contribution in [3.05, 3.63) is 34.9 Å². The van der Waals surface area contributed by atoms with E-state index in [0.717, 1.165) is 43.1 Å². The fourth-order valence-electron chi connectivity index (χ4n) is 2.21. The second-order valence-corrected chi connectivity index (χ2v) is 4.89. The van der Waals surface area contributed by atoms with Gasteiger partial charge in [0.15, 0.2) is 0 Å². The first-order valence-corrected chi connectivity index (χ1v) is 6.23. The molecule has 2 rings (SSSR count). The van der Waals surface area contributed by atoms with Gasteiger partial charge in [-0.2, -0.15) is 0 Å². The van der Waals surface area contributed by atoms with Crippen molar-refractivity contribution in [1.29, 1.82) is 0 Å². The van der Waals surface area contributed by atoms with E-state index in [2.05, 4.69) is 4.90 Å². The number of carboxylic acids is 1. The number of rotatable bonds is 3. The van der Waals surface area contributed by atoms with Crippen LogP contribution < -0.4 is 0 Å². The Balaban J connectivity index is 0.00000162. The number of carboxylic acid groups (broad SMARTS) is 1. The third kappa shape index (κ3) is 3.87. The van der Waals surface area contributed by atoms with Gasteiger partial charge in [0.05, 0.1) is 5.92 Å². The topological polar surface area (TPSA) is 40.5 Å². The largest absolute Gasteiger partial charge is 0.481 e. The Labute approximate surface area is 118 Å². The lowest BCUT2D eigenvalue weighted by Gasteiger charge is -2.30. The molecule has 18 heavy (non-hydrogen) atoms. The lowest BCUT2D eigenvalue weighted by Crippen LogP contribution is -2.35. The fourth-order valence-corrected chi connectivity index (χ4v) is 2.40. The van der Waals surface area contributed by atoms with E-state index >= 15 is 0 Å². The van der Waals surface area contributed by atoms with Gasteiger partial charge in [0.2, 0.25) is 0 Å². The predicted molar refractivity (Wildman–Crippen MR) is 74.3 cm³/mol. The van der Waals surface area contributed by atoms with Crippen molar-refractivity contribution in [2.45, 2.75) is 19.4 Å². The van der Waals surface area contributed by atoms with Crippen molar-refractivity contribution in [3.63, 3.8) is 0 Å². The summed E-state index contributed by atoms with van der Waals surface area (Å²) in [7, 11) is 0. The van der Waals surface area contributed by atoms with E-state index in [1.807, 2.05) is 24.3 Å². The molecule has 0 spiro atoms. The SMILES string of the molecule is Cl.O=C(O)C1CCN(Cc2ccccc2Cl)CC1. The molecule has 1 N–H and O–H groups in total. The second kappa shape index (κ2) is 6.98. The fraction of sp³-hybridized carbons (Fsp3) is 0.462. The van der Waals surface area contributed by atoms with Crippen LogP contribution in [0.25, 0.3) is 0 Å². The summed E-state index contributed by atoms with van der Waals surface area (Å²) in [5.41, 5.74) is 1.11. The van der Waals surface area contributed by atoms with Crippen LogP contribution >= 0.6 is 24.0 Å². The molecule has 1 aliphatic heterocycles. The molecule has 5 heteroatoms. The summed E-state index contributed by atoms with van der Waals surface area (Å²) in [6, 6.07) is 7.81. The number of nitrogens with zero attached hydrogens (tertiary/aromatic N) is 1. The zero-order valence-electron chi connectivity index (χ0n) is 10.0. The minimum absolute atomic E-state index is 0. The Morgan fingerprint density at radius 2 is 1.94 bits per heavy atom. The maximum absolute atomic E-state index is 10.8. The summed E-state index contributed by atoms with van der Waals surface area (Å²) in [6.07, 6.45) is 1.47. The lowest BCUT2D eigenvalue weighted by molar-refractivity contribution is -0.143. The molecule has 1 fully saturated rings. The monoisotopic (exact) mass is 289 g/mol. The van der Waals surface area contributed by atoms with E-state index in [1.165, 1.54) is 0 Å². The van der Waals surface area contributed by atoms with Crippen molar-refractivity contribution in [1.82, 2.24) is 4.90 Å². The van der Waals surface area contributed by atoms with Gasteiger partial charge in [-0.05, 0) is 37.6 Å².